The van der Waals surface area contributed by atoms with Crippen molar-refractivity contribution in [2.24, 2.45) is 0 Å². The number of carboxylic acids is 1. The lowest BCUT2D eigenvalue weighted by atomic mass is 10.1. The summed E-state index contributed by atoms with van der Waals surface area (Å²) >= 11 is 3.56. The average Bonchev–Trinajstić information content (AvgIpc) is 1.81. The number of imide groups is 1. The second-order valence-electron chi connectivity index (χ2n) is 24.3. The summed E-state index contributed by atoms with van der Waals surface area (Å²) in [6.07, 6.45) is 11.9. The van der Waals surface area contributed by atoms with Gasteiger partial charge in [-0.2, -0.15) is 0 Å². The van der Waals surface area contributed by atoms with E-state index in [1.165, 1.54) is 34.5 Å². The maximum Gasteiger partial charge on any atom is 0.317 e. The Labute approximate surface area is 576 Å². The van der Waals surface area contributed by atoms with Gasteiger partial charge in [-0.1, -0.05) is 18.1 Å². The molecule has 3 atom stereocenters. The van der Waals surface area contributed by atoms with Gasteiger partial charge in [0.2, 0.25) is 35.4 Å². The lowest BCUT2D eigenvalue weighted by Crippen LogP contribution is -2.50. The molecule has 524 valence electrons. The van der Waals surface area contributed by atoms with Gasteiger partial charge >= 0.3 is 5.97 Å². The standard InChI is InChI=1S/C66H89F2IN12O14S/c1-2-52-39-66(67,68)44-81(52)62(88)40-72-64(91)54-19-21-70-56-18-17-53(37-55(54)56)95-36-6-5-22-74-32-34-79(35-33-74)60(86)12-8-23-80-61(87)38-57(65(80)92)96-43-51(10-3-4-20-71-58(84)11-7-9-49-13-15-50(69)16-14-49)73-59(85)41-75-24-25-76(42-63(89)90)27-29-78(46-94-48-83)31-30-77(28-26-75)45-93-47-82/h1,13-19,21,37,47-48,51-52,57H,3-12,20,22-36,38-46H2,(H,71,84)(H,72,91)(H,73,85)(H,89,90)/t51?,52-,57?/m0/s1. The number of terminal acetylenes is 1. The molecule has 2 unspecified atom stereocenters. The quantitative estimate of drug-likeness (QED) is 0.0214. The number of aromatic nitrogens is 1. The van der Waals surface area contributed by atoms with E-state index in [1.54, 1.807) is 23.1 Å². The van der Waals surface area contributed by atoms with Gasteiger partial charge in [0.15, 0.2) is 0 Å². The van der Waals surface area contributed by atoms with Crippen LogP contribution >= 0.6 is 34.4 Å². The zero-order valence-corrected chi connectivity index (χ0v) is 57.2. The first kappa shape index (κ1) is 76.2. The van der Waals surface area contributed by atoms with E-state index in [0.717, 1.165) is 34.3 Å². The number of nitrogens with one attached hydrogen (secondary N) is 3. The molecule has 0 aliphatic carbocycles. The van der Waals surface area contributed by atoms with Gasteiger partial charge < -0.3 is 45.1 Å². The number of carbonyl (C=O) groups is 10. The Morgan fingerprint density at radius 3 is 2.09 bits per heavy atom. The van der Waals surface area contributed by atoms with E-state index in [0.29, 0.717) is 166 Å². The summed E-state index contributed by atoms with van der Waals surface area (Å²) in [6.45, 7) is 6.11. The van der Waals surface area contributed by atoms with E-state index in [1.807, 2.05) is 31.7 Å². The molecule has 4 aliphatic heterocycles. The van der Waals surface area contributed by atoms with E-state index in [9.17, 15) is 61.8 Å². The van der Waals surface area contributed by atoms with Gasteiger partial charge in [-0.05, 0) is 122 Å². The number of pyridine rings is 1. The Morgan fingerprint density at radius 2 is 1.43 bits per heavy atom. The topological polar surface area (TPSA) is 294 Å². The highest BCUT2D eigenvalue weighted by molar-refractivity contribution is 14.1. The Morgan fingerprint density at radius 1 is 0.760 bits per heavy atom. The molecule has 0 radical (unpaired) electrons. The number of nitrogens with zero attached hydrogens (tertiary/aromatic N) is 9. The number of piperazine rings is 1. The molecule has 5 heterocycles. The van der Waals surface area contributed by atoms with E-state index >= 15 is 0 Å². The number of carbonyl (C=O) groups excluding carboxylic acids is 9. The molecule has 2 aromatic carbocycles. The average molecular weight is 1470 g/mol. The molecule has 1 aromatic heterocycles. The number of amides is 7. The van der Waals surface area contributed by atoms with Gasteiger partial charge in [0, 0.05) is 144 Å². The van der Waals surface area contributed by atoms with E-state index in [4.69, 9.17) is 20.6 Å². The fraction of sp³-hybridized carbons (Fsp3) is 0.591. The molecular weight excluding hydrogens is 1380 g/mol. The zero-order chi connectivity index (χ0) is 68.8. The molecule has 3 aromatic rings. The number of unbranched alkanes of at least 4 members (excludes halogenated alkanes) is 2. The molecule has 4 fully saturated rings. The van der Waals surface area contributed by atoms with E-state index in [2.05, 4.69) is 66.5 Å². The highest BCUT2D eigenvalue weighted by Gasteiger charge is 2.46. The van der Waals surface area contributed by atoms with Gasteiger partial charge in [0.25, 0.3) is 24.8 Å². The predicted octanol–water partition coefficient (Wildman–Crippen LogP) is 2.74. The van der Waals surface area contributed by atoms with Gasteiger partial charge in [-0.15, -0.1) is 18.2 Å². The van der Waals surface area contributed by atoms with Crippen molar-refractivity contribution in [3.8, 4) is 18.1 Å². The number of benzene rings is 2. The molecule has 7 rings (SSSR count). The molecule has 0 bridgehead atoms. The Kier molecular flexibility index (Phi) is 31.7. The second kappa shape index (κ2) is 39.9. The molecule has 26 nitrogen and oxygen atoms in total. The van der Waals surface area contributed by atoms with E-state index < -0.39 is 60.6 Å². The Balaban J connectivity index is 0.837. The van der Waals surface area contributed by atoms with Crippen LogP contribution in [0.2, 0.25) is 0 Å². The molecule has 30 heteroatoms. The third-order valence-corrected chi connectivity index (χ3v) is 19.3. The van der Waals surface area contributed by atoms with Crippen LogP contribution in [0.5, 0.6) is 5.75 Å². The summed E-state index contributed by atoms with van der Waals surface area (Å²) in [6, 6.07) is 13.4. The molecule has 96 heavy (non-hydrogen) atoms. The summed E-state index contributed by atoms with van der Waals surface area (Å²) in [5, 5.41) is 18.2. The van der Waals surface area contributed by atoms with Crippen LogP contribution in [-0.4, -0.2) is 283 Å². The largest absolute Gasteiger partial charge is 0.494 e. The highest BCUT2D eigenvalue weighted by Crippen LogP contribution is 2.32. The van der Waals surface area contributed by atoms with Crippen LogP contribution < -0.4 is 20.7 Å². The van der Waals surface area contributed by atoms with Crippen LogP contribution in [-0.2, 0) is 59.0 Å². The fourth-order valence-corrected chi connectivity index (χ4v) is 13.5. The highest BCUT2D eigenvalue weighted by atomic mass is 127. The van der Waals surface area contributed by atoms with E-state index in [-0.39, 0.29) is 81.0 Å². The molecule has 4 aliphatic rings. The summed E-state index contributed by atoms with van der Waals surface area (Å²) < 4.78 is 45.2. The Bertz CT molecular complexity index is 3150. The van der Waals surface area contributed by atoms with Crippen molar-refractivity contribution < 1.29 is 76.0 Å². The van der Waals surface area contributed by atoms with Crippen LogP contribution in [0.3, 0.4) is 0 Å². The second-order valence-corrected chi connectivity index (χ2v) is 26.8. The van der Waals surface area contributed by atoms with Crippen LogP contribution in [0.1, 0.15) is 86.6 Å². The number of fused-ring (bicyclic) bond motifs is 1. The zero-order valence-electron chi connectivity index (χ0n) is 54.2. The number of thioether (sulfide) groups is 1. The summed E-state index contributed by atoms with van der Waals surface area (Å²) in [5.41, 5.74) is 1.93. The minimum absolute atomic E-state index is 0.00502. The van der Waals surface area contributed by atoms with Gasteiger partial charge in [-0.3, -0.25) is 82.3 Å². The third kappa shape index (κ3) is 25.7. The fourth-order valence-electron chi connectivity index (χ4n) is 11.9. The summed E-state index contributed by atoms with van der Waals surface area (Å²) in [5.74, 6) is -3.41. The molecule has 4 N–H and O–H groups in total. The number of rotatable bonds is 36. The number of hydrogen-bond acceptors (Lipinski definition) is 20. The van der Waals surface area contributed by atoms with Gasteiger partial charge in [-0.25, -0.2) is 8.78 Å². The van der Waals surface area contributed by atoms with Crippen molar-refractivity contribution in [1.82, 2.24) is 60.1 Å². The number of hydrogen-bond donors (Lipinski definition) is 4. The summed E-state index contributed by atoms with van der Waals surface area (Å²) in [4.78, 5) is 146. The third-order valence-electron chi connectivity index (χ3n) is 17.2. The van der Waals surface area contributed by atoms with Crippen LogP contribution in [0.25, 0.3) is 10.9 Å². The minimum atomic E-state index is -3.10. The molecule has 4 saturated heterocycles. The van der Waals surface area contributed by atoms with Crippen molar-refractivity contribution in [3.05, 3.63) is 69.4 Å². The first-order valence-corrected chi connectivity index (χ1v) is 34.8. The van der Waals surface area contributed by atoms with Crippen LogP contribution in [0.4, 0.5) is 8.78 Å². The molecule has 7 amide bonds. The maximum atomic E-state index is 14.1. The number of ether oxygens (including phenoxy) is 3. The first-order chi connectivity index (χ1) is 46.3. The van der Waals surface area contributed by atoms with Crippen molar-refractivity contribution in [2.75, 3.05) is 150 Å². The van der Waals surface area contributed by atoms with Crippen molar-refractivity contribution >= 4 is 106 Å². The smallest absolute Gasteiger partial charge is 0.317 e. The Hall–Kier alpha value is -7.15. The molecular formula is C66H89F2IN12O14S. The van der Waals surface area contributed by atoms with Crippen LogP contribution in [0.15, 0.2) is 54.7 Å². The van der Waals surface area contributed by atoms with Gasteiger partial charge in [0.1, 0.15) is 19.2 Å². The number of carboxylic acid groups (broad SMARTS) is 1. The van der Waals surface area contributed by atoms with Crippen molar-refractivity contribution in [3.63, 3.8) is 0 Å². The number of aliphatic carboxylic acids is 1. The number of halogens is 3. The number of likely N-dealkylation sites (tertiary alicyclic amines) is 2. The van der Waals surface area contributed by atoms with Gasteiger partial charge in [0.05, 0.1) is 55.2 Å². The maximum absolute atomic E-state index is 14.1. The monoisotopic (exact) mass is 1470 g/mol. The SMILES string of the molecule is C#C[C@H]1CC(F)(F)CN1C(=O)CNC(=O)c1ccnc2ccc(OCCCCN3CCN(C(=O)CCCN4C(=O)CC(SCC(CCCCNC(=O)CCCc5ccc(I)cc5)NC(=O)CN5CCN(COC=O)CCN(COC=O)CCN(CC(=O)O)CC5)C4=O)CC3)cc12. The lowest BCUT2D eigenvalue weighted by Gasteiger charge is -2.35. The van der Waals surface area contributed by atoms with Crippen molar-refractivity contribution in [1.29, 1.82) is 0 Å². The normalized spacial score (nSPS) is 19.0. The molecule has 0 saturated carbocycles. The number of aryl methyl sites for hydroxylation is 1. The minimum Gasteiger partial charge on any atom is -0.494 e. The predicted molar refractivity (Wildman–Crippen MR) is 361 cm³/mol. The summed E-state index contributed by atoms with van der Waals surface area (Å²) in [7, 11) is 0. The lowest BCUT2D eigenvalue weighted by molar-refractivity contribution is -0.140. The first-order valence-electron chi connectivity index (χ1n) is 32.7. The number of alkyl halides is 2. The van der Waals surface area contributed by atoms with Crippen LogP contribution in [0, 0.1) is 15.9 Å². The van der Waals surface area contributed by atoms with Crippen molar-refractivity contribution in [2.45, 2.75) is 100 Å². The molecule has 0 spiro atoms.